The molecule has 3 nitrogen and oxygen atoms in total. The number of alkyl halides is 3. The van der Waals surface area contributed by atoms with Gasteiger partial charge in [0.1, 0.15) is 6.61 Å². The number of hydrogen-bond acceptors (Lipinski definition) is 3. The van der Waals surface area contributed by atoms with Crippen molar-refractivity contribution in [1.29, 1.82) is 0 Å². The Balaban J connectivity index is 4.01. The molecule has 0 amide bonds. The van der Waals surface area contributed by atoms with Crippen molar-refractivity contribution in [3.8, 4) is 0 Å². The number of carbonyl (C=O) groups excluding carboxylic acids is 1. The van der Waals surface area contributed by atoms with Gasteiger partial charge in [-0.1, -0.05) is 13.8 Å². The van der Waals surface area contributed by atoms with E-state index in [1.165, 1.54) is 0 Å². The Morgan fingerprint density at radius 2 is 2.07 bits per heavy atom. The first-order valence-corrected chi connectivity index (χ1v) is 4.63. The van der Waals surface area contributed by atoms with Gasteiger partial charge in [-0.05, 0) is 6.42 Å². The van der Waals surface area contributed by atoms with Gasteiger partial charge in [-0.25, -0.2) is 13.2 Å². The third kappa shape index (κ3) is 4.51. The van der Waals surface area contributed by atoms with Crippen molar-refractivity contribution in [1.82, 2.24) is 0 Å². The number of aliphatic hydroxyl groups is 1. The predicted octanol–water partition coefficient (Wildman–Crippen LogP) is 1.54. The lowest BCUT2D eigenvalue weighted by molar-refractivity contribution is -0.167. The molecule has 6 heteroatoms. The predicted molar refractivity (Wildman–Crippen MR) is 47.3 cm³/mol. The highest BCUT2D eigenvalue weighted by Crippen LogP contribution is 2.19. The van der Waals surface area contributed by atoms with Crippen LogP contribution in [0.25, 0.3) is 0 Å². The first kappa shape index (κ1) is 14.2. The molecule has 0 bridgehead atoms. The van der Waals surface area contributed by atoms with E-state index in [2.05, 4.69) is 4.74 Å². The zero-order chi connectivity index (χ0) is 12.1. The van der Waals surface area contributed by atoms with Crippen LogP contribution in [0.5, 0.6) is 0 Å². The van der Waals surface area contributed by atoms with Crippen molar-refractivity contribution in [3.05, 3.63) is 0 Å². The van der Waals surface area contributed by atoms with Crippen LogP contribution in [0.15, 0.2) is 0 Å². The van der Waals surface area contributed by atoms with Crippen molar-refractivity contribution in [2.75, 3.05) is 13.3 Å². The third-order valence-corrected chi connectivity index (χ3v) is 2.06. The first-order valence-electron chi connectivity index (χ1n) is 4.63. The highest BCUT2D eigenvalue weighted by molar-refractivity contribution is 5.71. The molecular formula is C9H15F3O3. The van der Waals surface area contributed by atoms with E-state index < -0.39 is 37.2 Å². The normalized spacial score (nSPS) is 15.9. The maximum atomic E-state index is 12.5. The summed E-state index contributed by atoms with van der Waals surface area (Å²) in [5.41, 5.74) is 0. The fourth-order valence-electron chi connectivity index (χ4n) is 0.681. The fraction of sp³-hybridized carbons (Fsp3) is 0.889. The second-order valence-electron chi connectivity index (χ2n) is 3.35. The summed E-state index contributed by atoms with van der Waals surface area (Å²) in [5.74, 6) is -4.96. The largest absolute Gasteiger partial charge is 0.462 e. The summed E-state index contributed by atoms with van der Waals surface area (Å²) in [6.07, 6.45) is -1.79. The van der Waals surface area contributed by atoms with E-state index in [0.717, 1.165) is 0 Å². The number of aliphatic hydroxyl groups excluding tert-OH is 1. The molecule has 0 aromatic carbocycles. The maximum absolute atomic E-state index is 12.5. The molecule has 15 heavy (non-hydrogen) atoms. The average molecular weight is 228 g/mol. The van der Waals surface area contributed by atoms with Gasteiger partial charge in [0.15, 0.2) is 12.8 Å². The zero-order valence-electron chi connectivity index (χ0n) is 8.67. The second kappa shape index (κ2) is 5.95. The molecule has 0 spiro atoms. The number of esters is 1. The van der Waals surface area contributed by atoms with Gasteiger partial charge in [-0.15, -0.1) is 0 Å². The van der Waals surface area contributed by atoms with Crippen molar-refractivity contribution in [3.63, 3.8) is 0 Å². The Kier molecular flexibility index (Phi) is 5.64. The van der Waals surface area contributed by atoms with Crippen molar-refractivity contribution < 1.29 is 27.8 Å². The van der Waals surface area contributed by atoms with Gasteiger partial charge in [0, 0.05) is 0 Å². The number of carbonyl (C=O) groups is 1. The van der Waals surface area contributed by atoms with Gasteiger partial charge in [0.05, 0.1) is 5.92 Å². The molecular weight excluding hydrogens is 213 g/mol. The quantitative estimate of drug-likeness (QED) is 0.701. The number of halogens is 3. The van der Waals surface area contributed by atoms with Gasteiger partial charge in [-0.3, -0.25) is 4.79 Å². The summed E-state index contributed by atoms with van der Waals surface area (Å²) in [7, 11) is 0. The van der Waals surface area contributed by atoms with Crippen molar-refractivity contribution >= 4 is 5.97 Å². The molecule has 0 fully saturated rings. The van der Waals surface area contributed by atoms with Crippen LogP contribution in [-0.4, -0.2) is 36.4 Å². The Labute approximate surface area is 86.2 Å². The highest BCUT2D eigenvalue weighted by atomic mass is 19.3. The van der Waals surface area contributed by atoms with E-state index in [1.807, 2.05) is 0 Å². The second-order valence-corrected chi connectivity index (χ2v) is 3.35. The minimum atomic E-state index is -3.87. The summed E-state index contributed by atoms with van der Waals surface area (Å²) in [6, 6.07) is 0. The molecule has 0 aliphatic rings. The number of rotatable bonds is 6. The lowest BCUT2D eigenvalue weighted by Gasteiger charge is -2.19. The first-order chi connectivity index (χ1) is 6.85. The molecule has 0 saturated heterocycles. The van der Waals surface area contributed by atoms with Crippen LogP contribution in [0.4, 0.5) is 13.2 Å². The summed E-state index contributed by atoms with van der Waals surface area (Å²) in [6.45, 7) is 0.440. The monoisotopic (exact) mass is 228 g/mol. The van der Waals surface area contributed by atoms with E-state index in [-0.39, 0.29) is 0 Å². The summed E-state index contributed by atoms with van der Waals surface area (Å²) < 4.78 is 41.1. The minimum absolute atomic E-state index is 0.420. The Morgan fingerprint density at radius 3 is 2.47 bits per heavy atom. The molecule has 2 unspecified atom stereocenters. The molecule has 0 aromatic rings. The zero-order valence-corrected chi connectivity index (χ0v) is 8.67. The van der Waals surface area contributed by atoms with Gasteiger partial charge in [-0.2, -0.15) is 0 Å². The lowest BCUT2D eigenvalue weighted by atomic mass is 10.1. The van der Waals surface area contributed by atoms with Gasteiger partial charge in [0.2, 0.25) is 0 Å². The molecule has 0 aliphatic carbocycles. The van der Waals surface area contributed by atoms with E-state index in [9.17, 15) is 18.0 Å². The van der Waals surface area contributed by atoms with Crippen LogP contribution in [0.1, 0.15) is 20.3 Å². The van der Waals surface area contributed by atoms with E-state index >= 15 is 0 Å². The molecule has 0 aromatic heterocycles. The number of ether oxygens (including phenoxy) is 1. The molecule has 0 saturated carbocycles. The molecule has 0 radical (unpaired) electrons. The highest BCUT2D eigenvalue weighted by Gasteiger charge is 2.39. The molecule has 90 valence electrons. The Bertz CT molecular complexity index is 209. The van der Waals surface area contributed by atoms with Gasteiger partial charge < -0.3 is 9.84 Å². The fourth-order valence-corrected chi connectivity index (χ4v) is 0.681. The summed E-state index contributed by atoms with van der Waals surface area (Å²) in [5, 5.41) is 8.81. The summed E-state index contributed by atoms with van der Waals surface area (Å²) in [4.78, 5) is 11.0. The van der Waals surface area contributed by atoms with Crippen LogP contribution >= 0.6 is 0 Å². The van der Waals surface area contributed by atoms with E-state index in [0.29, 0.717) is 6.42 Å². The van der Waals surface area contributed by atoms with Gasteiger partial charge in [0.25, 0.3) is 0 Å². The van der Waals surface area contributed by atoms with E-state index in [1.54, 1.807) is 13.8 Å². The van der Waals surface area contributed by atoms with Crippen LogP contribution in [0.3, 0.4) is 0 Å². The molecule has 1 N–H and O–H groups in total. The average Bonchev–Trinajstić information content (AvgIpc) is 2.23. The molecule has 0 rings (SSSR count). The maximum Gasteiger partial charge on any atom is 0.308 e. The standard InChI is InChI=1S/C9H15F3O3/c1-3-6(2)8(14)15-4-7(13)9(11,12)5-10/h6-7,13H,3-5H2,1-2H3. The van der Waals surface area contributed by atoms with Gasteiger partial charge >= 0.3 is 11.9 Å². The van der Waals surface area contributed by atoms with Crippen LogP contribution in [0, 0.1) is 5.92 Å². The minimum Gasteiger partial charge on any atom is -0.462 e. The van der Waals surface area contributed by atoms with Crippen LogP contribution in [-0.2, 0) is 9.53 Å². The van der Waals surface area contributed by atoms with E-state index in [4.69, 9.17) is 5.11 Å². The SMILES string of the molecule is CCC(C)C(=O)OCC(O)C(F)(F)CF. The Hall–Kier alpha value is -0.780. The lowest BCUT2D eigenvalue weighted by Crippen LogP contribution is -2.40. The molecule has 0 aliphatic heterocycles. The summed E-state index contributed by atoms with van der Waals surface area (Å²) >= 11 is 0. The van der Waals surface area contributed by atoms with Crippen LogP contribution in [0.2, 0.25) is 0 Å². The topological polar surface area (TPSA) is 46.5 Å². The third-order valence-electron chi connectivity index (χ3n) is 2.06. The Morgan fingerprint density at radius 1 is 1.53 bits per heavy atom. The van der Waals surface area contributed by atoms with Crippen molar-refractivity contribution in [2.24, 2.45) is 5.92 Å². The van der Waals surface area contributed by atoms with Crippen LogP contribution < -0.4 is 0 Å². The van der Waals surface area contributed by atoms with Crippen molar-refractivity contribution in [2.45, 2.75) is 32.3 Å². The molecule has 0 heterocycles. The smallest absolute Gasteiger partial charge is 0.308 e. The molecule has 2 atom stereocenters. The number of hydrogen-bond donors (Lipinski definition) is 1.